The zero-order chi connectivity index (χ0) is 17.9. The van der Waals surface area contributed by atoms with Crippen molar-refractivity contribution < 1.29 is 14.7 Å². The van der Waals surface area contributed by atoms with Crippen molar-refractivity contribution in [2.75, 3.05) is 0 Å². The van der Waals surface area contributed by atoms with Crippen LogP contribution in [0.3, 0.4) is 0 Å². The van der Waals surface area contributed by atoms with Gasteiger partial charge in [-0.2, -0.15) is 0 Å². The van der Waals surface area contributed by atoms with Gasteiger partial charge in [0.25, 0.3) is 0 Å². The lowest BCUT2D eigenvalue weighted by atomic mass is 9.73. The zero-order valence-electron chi connectivity index (χ0n) is 15.0. The summed E-state index contributed by atoms with van der Waals surface area (Å²) in [6.07, 6.45) is 3.87. The van der Waals surface area contributed by atoms with Crippen molar-refractivity contribution in [3.05, 3.63) is 46.5 Å². The summed E-state index contributed by atoms with van der Waals surface area (Å²) in [5.74, 6) is -1.80. The topological polar surface area (TPSA) is 54.4 Å². The largest absolute Gasteiger partial charge is 0.481 e. The van der Waals surface area contributed by atoms with E-state index in [4.69, 9.17) is 0 Å². The van der Waals surface area contributed by atoms with Crippen molar-refractivity contribution in [2.24, 2.45) is 11.8 Å². The molecule has 130 valence electrons. The van der Waals surface area contributed by atoms with E-state index in [-0.39, 0.29) is 5.78 Å². The molecule has 0 aromatic heterocycles. The molecule has 0 radical (unpaired) electrons. The van der Waals surface area contributed by atoms with E-state index in [2.05, 4.69) is 39.5 Å². The van der Waals surface area contributed by atoms with Gasteiger partial charge in [-0.3, -0.25) is 9.59 Å². The van der Waals surface area contributed by atoms with Crippen LogP contribution in [0.2, 0.25) is 0 Å². The van der Waals surface area contributed by atoms with E-state index in [1.54, 1.807) is 0 Å². The Morgan fingerprint density at radius 3 is 2.25 bits per heavy atom. The smallest absolute Gasteiger partial charge is 0.307 e. The highest BCUT2D eigenvalue weighted by atomic mass is 16.4. The lowest BCUT2D eigenvalue weighted by Gasteiger charge is -2.29. The molecule has 0 heterocycles. The van der Waals surface area contributed by atoms with E-state index in [1.807, 2.05) is 0 Å². The third-order valence-corrected chi connectivity index (χ3v) is 5.23. The fourth-order valence-electron chi connectivity index (χ4n) is 3.89. The molecule has 24 heavy (non-hydrogen) atoms. The minimum Gasteiger partial charge on any atom is -0.481 e. The molecule has 0 amide bonds. The van der Waals surface area contributed by atoms with Gasteiger partial charge in [-0.05, 0) is 55.7 Å². The number of hydrogen-bond acceptors (Lipinski definition) is 2. The van der Waals surface area contributed by atoms with Crippen LogP contribution in [0.4, 0.5) is 0 Å². The molecule has 0 aliphatic heterocycles. The molecule has 0 spiro atoms. The van der Waals surface area contributed by atoms with Crippen LogP contribution in [0, 0.1) is 18.8 Å². The van der Waals surface area contributed by atoms with Crippen molar-refractivity contribution in [2.45, 2.75) is 59.3 Å². The number of carbonyl (C=O) groups is 2. The first-order valence-corrected chi connectivity index (χ1v) is 8.90. The van der Waals surface area contributed by atoms with Gasteiger partial charge in [0.05, 0.1) is 5.92 Å². The number of Topliss-reactive ketones (excluding diaryl/α,β-unsaturated/α-hetero) is 1. The van der Waals surface area contributed by atoms with E-state index in [9.17, 15) is 14.7 Å². The summed E-state index contributed by atoms with van der Waals surface area (Å²) in [4.78, 5) is 24.5. The lowest BCUT2D eigenvalue weighted by molar-refractivity contribution is -0.147. The first-order chi connectivity index (χ1) is 11.4. The van der Waals surface area contributed by atoms with Crippen LogP contribution in [0.25, 0.3) is 0 Å². The highest BCUT2D eigenvalue weighted by molar-refractivity contribution is 5.88. The summed E-state index contributed by atoms with van der Waals surface area (Å²) in [6, 6.07) is 4.30. The standard InChI is InChI=1S/C21H28O3/c1-5-15-9-14(4)10-16(6-2)18(15)12-20(22)19-11-13(3)7-8-17(19)21(23)24/h9-10,17,19H,3,5-8,11-12H2,1-2,4H3,(H,23,24). The second-order valence-electron chi connectivity index (χ2n) is 6.96. The summed E-state index contributed by atoms with van der Waals surface area (Å²) in [5, 5.41) is 9.47. The molecule has 1 saturated carbocycles. The van der Waals surface area contributed by atoms with E-state index in [1.165, 1.54) is 16.7 Å². The van der Waals surface area contributed by atoms with Crippen molar-refractivity contribution in [3.63, 3.8) is 0 Å². The maximum absolute atomic E-state index is 12.9. The number of aliphatic carboxylic acids is 1. The Balaban J connectivity index is 2.31. The van der Waals surface area contributed by atoms with Gasteiger partial charge >= 0.3 is 5.97 Å². The van der Waals surface area contributed by atoms with E-state index < -0.39 is 17.8 Å². The van der Waals surface area contributed by atoms with Crippen LogP contribution in [0.5, 0.6) is 0 Å². The van der Waals surface area contributed by atoms with E-state index in [0.717, 1.165) is 24.0 Å². The van der Waals surface area contributed by atoms with Crippen LogP contribution < -0.4 is 0 Å². The van der Waals surface area contributed by atoms with Crippen LogP contribution in [-0.4, -0.2) is 16.9 Å². The van der Waals surface area contributed by atoms with Gasteiger partial charge in [0.15, 0.2) is 0 Å². The van der Waals surface area contributed by atoms with Crippen molar-refractivity contribution in [1.29, 1.82) is 0 Å². The first kappa shape index (κ1) is 18.4. The number of ketones is 1. The highest BCUT2D eigenvalue weighted by Crippen LogP contribution is 2.35. The van der Waals surface area contributed by atoms with E-state index in [0.29, 0.717) is 25.7 Å². The molecule has 0 saturated heterocycles. The molecule has 3 heteroatoms. The van der Waals surface area contributed by atoms with Crippen molar-refractivity contribution in [3.8, 4) is 0 Å². The number of benzene rings is 1. The van der Waals surface area contributed by atoms with Crippen LogP contribution in [0.15, 0.2) is 24.3 Å². The van der Waals surface area contributed by atoms with E-state index >= 15 is 0 Å². The number of allylic oxidation sites excluding steroid dienone is 1. The summed E-state index contributed by atoms with van der Waals surface area (Å²) >= 11 is 0. The number of rotatable bonds is 6. The third kappa shape index (κ3) is 3.95. The first-order valence-electron chi connectivity index (χ1n) is 8.90. The second-order valence-corrected chi connectivity index (χ2v) is 6.96. The average Bonchev–Trinajstić information content (AvgIpc) is 2.55. The fraction of sp³-hybridized carbons (Fsp3) is 0.524. The van der Waals surface area contributed by atoms with Gasteiger partial charge in [-0.15, -0.1) is 0 Å². The molecule has 1 aromatic carbocycles. The zero-order valence-corrected chi connectivity index (χ0v) is 15.0. The molecule has 1 fully saturated rings. The molecule has 2 atom stereocenters. The lowest BCUT2D eigenvalue weighted by Crippen LogP contribution is -2.34. The number of carbonyl (C=O) groups excluding carboxylic acids is 1. The van der Waals surface area contributed by atoms with Gasteiger partial charge in [-0.25, -0.2) is 0 Å². The van der Waals surface area contributed by atoms with Crippen LogP contribution in [0.1, 0.15) is 55.4 Å². The Bertz CT molecular complexity index is 632. The molecule has 3 nitrogen and oxygen atoms in total. The number of carboxylic acid groups (broad SMARTS) is 1. The second kappa shape index (κ2) is 7.78. The molecule has 2 unspecified atom stereocenters. The van der Waals surface area contributed by atoms with Crippen LogP contribution >= 0.6 is 0 Å². The Kier molecular flexibility index (Phi) is 5.98. The minimum absolute atomic E-state index is 0.0523. The Morgan fingerprint density at radius 1 is 1.17 bits per heavy atom. The number of aryl methyl sites for hydroxylation is 3. The Hall–Kier alpha value is -1.90. The molecule has 1 aliphatic carbocycles. The van der Waals surface area contributed by atoms with Gasteiger partial charge < -0.3 is 5.11 Å². The fourth-order valence-corrected chi connectivity index (χ4v) is 3.89. The molecule has 1 aromatic rings. The Labute approximate surface area is 144 Å². The van der Waals surface area contributed by atoms with Crippen LogP contribution in [-0.2, 0) is 28.9 Å². The van der Waals surface area contributed by atoms with Gasteiger partial charge in [-0.1, -0.05) is 43.7 Å². The Morgan fingerprint density at radius 2 is 1.75 bits per heavy atom. The highest BCUT2D eigenvalue weighted by Gasteiger charge is 2.36. The predicted molar refractivity (Wildman–Crippen MR) is 96.3 cm³/mol. The third-order valence-electron chi connectivity index (χ3n) is 5.23. The normalized spacial score (nSPS) is 20.9. The van der Waals surface area contributed by atoms with Gasteiger partial charge in [0.2, 0.25) is 0 Å². The quantitative estimate of drug-likeness (QED) is 0.793. The summed E-state index contributed by atoms with van der Waals surface area (Å²) in [5.41, 5.74) is 5.75. The number of carboxylic acids is 1. The van der Waals surface area contributed by atoms with Crippen molar-refractivity contribution in [1.82, 2.24) is 0 Å². The monoisotopic (exact) mass is 328 g/mol. The molecule has 0 bridgehead atoms. The number of hydrogen-bond donors (Lipinski definition) is 1. The summed E-state index contributed by atoms with van der Waals surface area (Å²) in [6.45, 7) is 10.3. The molecular weight excluding hydrogens is 300 g/mol. The molecular formula is C21H28O3. The molecule has 1 N–H and O–H groups in total. The van der Waals surface area contributed by atoms with Gasteiger partial charge in [0, 0.05) is 12.3 Å². The predicted octanol–water partition coefficient (Wildman–Crippen LogP) is 4.29. The minimum atomic E-state index is -0.851. The molecule has 1 aliphatic rings. The maximum Gasteiger partial charge on any atom is 0.307 e. The van der Waals surface area contributed by atoms with Gasteiger partial charge in [0.1, 0.15) is 5.78 Å². The average molecular weight is 328 g/mol. The van der Waals surface area contributed by atoms with Crippen molar-refractivity contribution >= 4 is 11.8 Å². The molecule has 2 rings (SSSR count). The summed E-state index contributed by atoms with van der Waals surface area (Å²) in [7, 11) is 0. The SMILES string of the molecule is C=C1CCC(C(=O)O)C(C(=O)Cc2c(CC)cc(C)cc2CC)C1. The summed E-state index contributed by atoms with van der Waals surface area (Å²) < 4.78 is 0. The maximum atomic E-state index is 12.9.